The van der Waals surface area contributed by atoms with Crippen LogP contribution < -0.4 is 10.1 Å². The predicted molar refractivity (Wildman–Crippen MR) is 85.2 cm³/mol. The minimum absolute atomic E-state index is 0.0557. The van der Waals surface area contributed by atoms with E-state index in [9.17, 15) is 5.11 Å². The molecular weight excluding hydrogens is 318 g/mol. The van der Waals surface area contributed by atoms with E-state index in [0.717, 1.165) is 60.1 Å². The van der Waals surface area contributed by atoms with Gasteiger partial charge in [-0.3, -0.25) is 0 Å². The first-order valence-corrected chi connectivity index (χ1v) is 8.25. The van der Waals surface area contributed by atoms with Gasteiger partial charge in [0.25, 0.3) is 0 Å². The first-order valence-electron chi connectivity index (χ1n) is 7.46. The lowest BCUT2D eigenvalue weighted by atomic mass is 10.1. The first-order chi connectivity index (χ1) is 9.61. The summed E-state index contributed by atoms with van der Waals surface area (Å²) in [4.78, 5) is 0. The lowest BCUT2D eigenvalue weighted by Gasteiger charge is -2.22. The largest absolute Gasteiger partial charge is 0.487 e. The summed E-state index contributed by atoms with van der Waals surface area (Å²) < 4.78 is 7.20. The van der Waals surface area contributed by atoms with E-state index in [4.69, 9.17) is 4.74 Å². The fraction of sp³-hybridized carbons (Fsp3) is 0.625. The van der Waals surface area contributed by atoms with Crippen LogP contribution in [0.3, 0.4) is 0 Å². The normalized spacial score (nSPS) is 22.2. The van der Waals surface area contributed by atoms with Crippen LogP contribution in [-0.4, -0.2) is 23.9 Å². The van der Waals surface area contributed by atoms with Gasteiger partial charge in [0.1, 0.15) is 11.9 Å². The number of hydrogen-bond donors (Lipinski definition) is 2. The predicted octanol–water partition coefficient (Wildman–Crippen LogP) is 3.55. The second-order valence-electron chi connectivity index (χ2n) is 5.54. The third kappa shape index (κ3) is 3.96. The Morgan fingerprint density at radius 3 is 2.85 bits per heavy atom. The Balaban J connectivity index is 2.16. The monoisotopic (exact) mass is 341 g/mol. The molecule has 1 saturated carbocycles. The second kappa shape index (κ2) is 7.43. The van der Waals surface area contributed by atoms with Crippen LogP contribution in [0.5, 0.6) is 5.75 Å². The van der Waals surface area contributed by atoms with Crippen LogP contribution in [0.1, 0.15) is 43.7 Å². The van der Waals surface area contributed by atoms with Gasteiger partial charge in [-0.1, -0.05) is 22.9 Å². The molecule has 0 heterocycles. The Morgan fingerprint density at radius 2 is 2.20 bits per heavy atom. The van der Waals surface area contributed by atoms with Crippen molar-refractivity contribution in [3.05, 3.63) is 27.7 Å². The first kappa shape index (κ1) is 15.8. The van der Waals surface area contributed by atoms with Gasteiger partial charge in [0.2, 0.25) is 0 Å². The fourth-order valence-corrected chi connectivity index (χ4v) is 3.31. The summed E-state index contributed by atoms with van der Waals surface area (Å²) in [5.41, 5.74) is 2.27. The van der Waals surface area contributed by atoms with Crippen LogP contribution in [0, 0.1) is 6.92 Å². The Labute approximate surface area is 129 Å². The van der Waals surface area contributed by atoms with Crippen molar-refractivity contribution in [2.24, 2.45) is 0 Å². The maximum atomic E-state index is 9.95. The molecule has 0 amide bonds. The molecule has 1 aliphatic rings. The quantitative estimate of drug-likeness (QED) is 0.777. The molecule has 0 aliphatic heterocycles. The SMILES string of the molecule is CCCNCc1cc(Br)cc(C)c1OC1CCCC1O. The van der Waals surface area contributed by atoms with Crippen molar-refractivity contribution in [1.82, 2.24) is 5.32 Å². The van der Waals surface area contributed by atoms with Gasteiger partial charge in [-0.25, -0.2) is 0 Å². The third-order valence-electron chi connectivity index (χ3n) is 3.75. The van der Waals surface area contributed by atoms with Crippen LogP contribution in [0.25, 0.3) is 0 Å². The molecule has 112 valence electrons. The molecule has 4 heteroatoms. The van der Waals surface area contributed by atoms with Crippen LogP contribution in [0.4, 0.5) is 0 Å². The highest BCUT2D eigenvalue weighted by Gasteiger charge is 2.28. The molecule has 2 rings (SSSR count). The fourth-order valence-electron chi connectivity index (χ4n) is 2.69. The average molecular weight is 342 g/mol. The molecular formula is C16H24BrNO2. The molecule has 1 fully saturated rings. The van der Waals surface area contributed by atoms with Crippen molar-refractivity contribution in [2.75, 3.05) is 6.54 Å². The lowest BCUT2D eigenvalue weighted by Crippen LogP contribution is -2.27. The van der Waals surface area contributed by atoms with Crippen molar-refractivity contribution in [1.29, 1.82) is 0 Å². The number of aliphatic hydroxyl groups excluding tert-OH is 1. The maximum Gasteiger partial charge on any atom is 0.127 e. The Bertz CT molecular complexity index is 450. The smallest absolute Gasteiger partial charge is 0.127 e. The van der Waals surface area contributed by atoms with E-state index in [0.29, 0.717) is 0 Å². The van der Waals surface area contributed by atoms with Crippen molar-refractivity contribution < 1.29 is 9.84 Å². The van der Waals surface area contributed by atoms with Crippen LogP contribution >= 0.6 is 15.9 Å². The lowest BCUT2D eigenvalue weighted by molar-refractivity contribution is 0.0592. The number of ether oxygens (including phenoxy) is 1. The van der Waals surface area contributed by atoms with Gasteiger partial charge in [0.15, 0.2) is 0 Å². The van der Waals surface area contributed by atoms with Crippen LogP contribution in [-0.2, 0) is 6.54 Å². The molecule has 20 heavy (non-hydrogen) atoms. The molecule has 1 aromatic carbocycles. The number of aliphatic hydroxyl groups is 1. The van der Waals surface area contributed by atoms with Gasteiger partial charge in [0, 0.05) is 16.6 Å². The van der Waals surface area contributed by atoms with Crippen LogP contribution in [0.2, 0.25) is 0 Å². The summed E-state index contributed by atoms with van der Waals surface area (Å²) in [6, 6.07) is 4.17. The van der Waals surface area contributed by atoms with E-state index in [2.05, 4.69) is 47.2 Å². The van der Waals surface area contributed by atoms with E-state index < -0.39 is 0 Å². The van der Waals surface area contributed by atoms with Gasteiger partial charge in [-0.05, 0) is 56.8 Å². The number of halogens is 1. The Morgan fingerprint density at radius 1 is 1.40 bits per heavy atom. The average Bonchev–Trinajstić information content (AvgIpc) is 2.79. The highest BCUT2D eigenvalue weighted by molar-refractivity contribution is 9.10. The minimum atomic E-state index is -0.325. The Kier molecular flexibility index (Phi) is 5.87. The minimum Gasteiger partial charge on any atom is -0.487 e. The molecule has 2 unspecified atom stereocenters. The second-order valence-corrected chi connectivity index (χ2v) is 6.46. The summed E-state index contributed by atoms with van der Waals surface area (Å²) in [5, 5.41) is 13.4. The van der Waals surface area contributed by atoms with Gasteiger partial charge >= 0.3 is 0 Å². The summed E-state index contributed by atoms with van der Waals surface area (Å²) in [6.45, 7) is 6.01. The molecule has 2 atom stereocenters. The van der Waals surface area contributed by atoms with Crippen molar-refractivity contribution in [3.63, 3.8) is 0 Å². The van der Waals surface area contributed by atoms with Crippen LogP contribution in [0.15, 0.2) is 16.6 Å². The molecule has 1 aliphatic carbocycles. The van der Waals surface area contributed by atoms with E-state index in [1.165, 1.54) is 0 Å². The highest BCUT2D eigenvalue weighted by Crippen LogP contribution is 2.32. The molecule has 3 nitrogen and oxygen atoms in total. The topological polar surface area (TPSA) is 41.5 Å². The molecule has 0 spiro atoms. The summed E-state index contributed by atoms with van der Waals surface area (Å²) in [5.74, 6) is 0.933. The zero-order valence-corrected chi connectivity index (χ0v) is 13.9. The number of nitrogens with one attached hydrogen (secondary N) is 1. The van der Waals surface area contributed by atoms with E-state index in [1.54, 1.807) is 0 Å². The number of hydrogen-bond acceptors (Lipinski definition) is 3. The highest BCUT2D eigenvalue weighted by atomic mass is 79.9. The van der Waals surface area contributed by atoms with Crippen molar-refractivity contribution >= 4 is 15.9 Å². The molecule has 1 aromatic rings. The molecule has 0 saturated heterocycles. The molecule has 0 aromatic heterocycles. The van der Waals surface area contributed by atoms with E-state index >= 15 is 0 Å². The summed E-state index contributed by atoms with van der Waals surface area (Å²) in [6.07, 6.45) is 3.58. The summed E-state index contributed by atoms with van der Waals surface area (Å²) >= 11 is 3.55. The molecule has 2 N–H and O–H groups in total. The van der Waals surface area contributed by atoms with Gasteiger partial charge in [-0.2, -0.15) is 0 Å². The molecule has 0 radical (unpaired) electrons. The summed E-state index contributed by atoms with van der Waals surface area (Å²) in [7, 11) is 0. The standard InChI is InChI=1S/C16H24BrNO2/c1-3-7-18-10-12-9-13(17)8-11(2)16(12)20-15-6-4-5-14(15)19/h8-9,14-15,18-19H,3-7,10H2,1-2H3. The van der Waals surface area contributed by atoms with Crippen molar-refractivity contribution in [3.8, 4) is 5.75 Å². The maximum absolute atomic E-state index is 9.95. The van der Waals surface area contributed by atoms with Gasteiger partial charge in [0.05, 0.1) is 6.10 Å². The third-order valence-corrected chi connectivity index (χ3v) is 4.20. The molecule has 0 bridgehead atoms. The Hall–Kier alpha value is -0.580. The zero-order valence-electron chi connectivity index (χ0n) is 12.3. The van der Waals surface area contributed by atoms with E-state index in [-0.39, 0.29) is 12.2 Å². The van der Waals surface area contributed by atoms with E-state index in [1.807, 2.05) is 0 Å². The number of aryl methyl sites for hydroxylation is 1. The zero-order chi connectivity index (χ0) is 14.5. The van der Waals surface area contributed by atoms with Gasteiger partial charge in [-0.15, -0.1) is 0 Å². The van der Waals surface area contributed by atoms with Crippen molar-refractivity contribution in [2.45, 2.75) is 58.3 Å². The number of rotatable bonds is 6. The van der Waals surface area contributed by atoms with Gasteiger partial charge < -0.3 is 15.2 Å². The number of benzene rings is 1.